The maximum Gasteiger partial charge on any atom is 0.272 e. The zero-order valence-electron chi connectivity index (χ0n) is 12.1. The van der Waals surface area contributed by atoms with Crippen LogP contribution in [0.15, 0.2) is 22.7 Å². The summed E-state index contributed by atoms with van der Waals surface area (Å²) < 4.78 is 0.913. The van der Waals surface area contributed by atoms with Crippen molar-refractivity contribution < 1.29 is 4.79 Å². The number of aromatic nitrogens is 2. The number of nitrogens with one attached hydrogen (secondary N) is 2. The molecule has 0 spiro atoms. The molecular weight excluding hydrogens is 356 g/mol. The van der Waals surface area contributed by atoms with Crippen LogP contribution < -0.4 is 11.1 Å². The lowest BCUT2D eigenvalue weighted by atomic mass is 9.94. The Kier molecular flexibility index (Phi) is 6.19. The normalized spacial score (nSPS) is 11.2. The third kappa shape index (κ3) is 3.96. The van der Waals surface area contributed by atoms with Crippen molar-refractivity contribution in [1.29, 1.82) is 0 Å². The number of benzene rings is 1. The summed E-state index contributed by atoms with van der Waals surface area (Å²) in [5.41, 5.74) is 7.06. The second-order valence-electron chi connectivity index (χ2n) is 5.01. The van der Waals surface area contributed by atoms with E-state index >= 15 is 0 Å². The van der Waals surface area contributed by atoms with Crippen molar-refractivity contribution in [1.82, 2.24) is 15.5 Å². The number of amides is 1. The van der Waals surface area contributed by atoms with Gasteiger partial charge in [-0.25, -0.2) is 0 Å². The quantitative estimate of drug-likeness (QED) is 0.751. The van der Waals surface area contributed by atoms with E-state index in [-0.39, 0.29) is 23.9 Å². The summed E-state index contributed by atoms with van der Waals surface area (Å²) in [6, 6.07) is 5.67. The Hall–Kier alpha value is -1.11. The topological polar surface area (TPSA) is 83.8 Å². The van der Waals surface area contributed by atoms with Gasteiger partial charge in [0.25, 0.3) is 5.91 Å². The monoisotopic (exact) mass is 374 g/mol. The molecule has 1 amide bonds. The summed E-state index contributed by atoms with van der Waals surface area (Å²) >= 11 is 3.40. The molecule has 21 heavy (non-hydrogen) atoms. The summed E-state index contributed by atoms with van der Waals surface area (Å²) in [4.78, 5) is 12.2. The molecule has 2 rings (SSSR count). The maximum absolute atomic E-state index is 12.2. The number of hydrogen-bond acceptors (Lipinski definition) is 3. The second-order valence-corrected chi connectivity index (χ2v) is 5.93. The van der Waals surface area contributed by atoms with E-state index < -0.39 is 0 Å². The minimum Gasteiger partial charge on any atom is -0.349 e. The fourth-order valence-electron chi connectivity index (χ4n) is 2.00. The molecule has 0 aliphatic heterocycles. The number of H-pyrrole nitrogens is 1. The van der Waals surface area contributed by atoms with Crippen LogP contribution in [-0.2, 0) is 0 Å². The van der Waals surface area contributed by atoms with Gasteiger partial charge in [-0.2, -0.15) is 5.10 Å². The zero-order chi connectivity index (χ0) is 14.8. The first kappa shape index (κ1) is 17.9. The molecule has 0 aliphatic carbocycles. The molecule has 1 aromatic carbocycles. The molecule has 5 nitrogen and oxygen atoms in total. The number of nitrogens with zero attached hydrogens (tertiary/aromatic N) is 1. The van der Waals surface area contributed by atoms with Crippen molar-refractivity contribution >= 4 is 45.1 Å². The van der Waals surface area contributed by atoms with Crippen molar-refractivity contribution in [2.24, 2.45) is 5.73 Å². The molecule has 1 heterocycles. The van der Waals surface area contributed by atoms with E-state index in [1.54, 1.807) is 0 Å². The van der Waals surface area contributed by atoms with Crippen molar-refractivity contribution in [3.8, 4) is 0 Å². The molecular formula is C14H20BrClN4O. The van der Waals surface area contributed by atoms with E-state index in [0.717, 1.165) is 28.2 Å². The molecule has 0 radical (unpaired) electrons. The number of nitrogens with two attached hydrogens (primary N) is 1. The summed E-state index contributed by atoms with van der Waals surface area (Å²) in [7, 11) is 0. The molecule has 0 fully saturated rings. The lowest BCUT2D eigenvalue weighted by molar-refractivity contribution is 0.0938. The van der Waals surface area contributed by atoms with Crippen LogP contribution in [0, 0.1) is 0 Å². The number of rotatable bonds is 5. The van der Waals surface area contributed by atoms with Crippen LogP contribution in [0.4, 0.5) is 0 Å². The Bertz CT molecular complexity index is 624. The van der Waals surface area contributed by atoms with E-state index in [4.69, 9.17) is 5.73 Å². The third-order valence-corrected chi connectivity index (χ3v) is 4.24. The molecule has 2 aromatic rings. The molecule has 1 aromatic heterocycles. The average Bonchev–Trinajstić information content (AvgIpc) is 2.87. The van der Waals surface area contributed by atoms with Crippen LogP contribution in [0.3, 0.4) is 0 Å². The molecule has 116 valence electrons. The Labute approximate surface area is 138 Å². The summed E-state index contributed by atoms with van der Waals surface area (Å²) in [6.07, 6.45) is 1.63. The predicted molar refractivity (Wildman–Crippen MR) is 90.9 cm³/mol. The molecule has 4 N–H and O–H groups in total. The van der Waals surface area contributed by atoms with Gasteiger partial charge in [-0.1, -0.05) is 29.8 Å². The first-order valence-corrected chi connectivity index (χ1v) is 7.49. The van der Waals surface area contributed by atoms with E-state index in [1.165, 1.54) is 0 Å². The summed E-state index contributed by atoms with van der Waals surface area (Å²) in [5, 5.41) is 10.6. The molecule has 0 aliphatic rings. The lowest BCUT2D eigenvalue weighted by Crippen LogP contribution is -2.49. The summed E-state index contributed by atoms with van der Waals surface area (Å²) in [5.74, 6) is -0.203. The highest BCUT2D eigenvalue weighted by molar-refractivity contribution is 9.10. The SMILES string of the molecule is CCC(N)(CC)CNC(=O)c1n[nH]c2ccc(Br)cc12.Cl. The fourth-order valence-corrected chi connectivity index (χ4v) is 2.36. The standard InChI is InChI=1S/C14H19BrN4O.ClH/c1-3-14(16,4-2)8-17-13(20)12-10-7-9(15)5-6-11(10)18-19-12;/h5-7H,3-4,8,16H2,1-2H3,(H,17,20)(H,18,19);1H. The second kappa shape index (κ2) is 7.24. The van der Waals surface area contributed by atoms with Gasteiger partial charge in [0.15, 0.2) is 5.69 Å². The average molecular weight is 376 g/mol. The molecule has 7 heteroatoms. The van der Waals surface area contributed by atoms with E-state index in [1.807, 2.05) is 32.0 Å². The number of carbonyl (C=O) groups excluding carboxylic acids is 1. The van der Waals surface area contributed by atoms with Gasteiger partial charge in [0.1, 0.15) is 0 Å². The number of hydrogen-bond donors (Lipinski definition) is 3. The third-order valence-electron chi connectivity index (χ3n) is 3.75. The number of aromatic amines is 1. The van der Waals surface area contributed by atoms with E-state index in [9.17, 15) is 4.79 Å². The van der Waals surface area contributed by atoms with Crippen molar-refractivity contribution in [2.75, 3.05) is 6.54 Å². The highest BCUT2D eigenvalue weighted by Gasteiger charge is 2.22. The molecule has 0 saturated heterocycles. The van der Waals surface area contributed by atoms with Crippen LogP contribution in [0.2, 0.25) is 0 Å². The Morgan fingerprint density at radius 1 is 1.43 bits per heavy atom. The molecule has 0 atom stereocenters. The first-order valence-electron chi connectivity index (χ1n) is 6.70. The highest BCUT2D eigenvalue weighted by Crippen LogP contribution is 2.21. The Morgan fingerprint density at radius 2 is 2.10 bits per heavy atom. The lowest BCUT2D eigenvalue weighted by Gasteiger charge is -2.26. The Morgan fingerprint density at radius 3 is 2.71 bits per heavy atom. The minimum absolute atomic E-state index is 0. The van der Waals surface area contributed by atoms with Gasteiger partial charge in [-0.15, -0.1) is 12.4 Å². The number of halogens is 2. The van der Waals surface area contributed by atoms with Gasteiger partial charge >= 0.3 is 0 Å². The zero-order valence-corrected chi connectivity index (χ0v) is 14.5. The van der Waals surface area contributed by atoms with Gasteiger partial charge in [-0.05, 0) is 31.0 Å². The highest BCUT2D eigenvalue weighted by atomic mass is 79.9. The fraction of sp³-hybridized carbons (Fsp3) is 0.429. The van der Waals surface area contributed by atoms with Crippen LogP contribution in [0.5, 0.6) is 0 Å². The first-order chi connectivity index (χ1) is 9.49. The van der Waals surface area contributed by atoms with Gasteiger partial charge < -0.3 is 11.1 Å². The van der Waals surface area contributed by atoms with Crippen LogP contribution >= 0.6 is 28.3 Å². The van der Waals surface area contributed by atoms with Gasteiger partial charge in [-0.3, -0.25) is 9.89 Å². The number of fused-ring (bicyclic) bond motifs is 1. The van der Waals surface area contributed by atoms with Gasteiger partial charge in [0, 0.05) is 21.9 Å². The number of carbonyl (C=O) groups is 1. The van der Waals surface area contributed by atoms with Gasteiger partial charge in [0.05, 0.1) is 5.52 Å². The van der Waals surface area contributed by atoms with Crippen LogP contribution in [-0.4, -0.2) is 28.2 Å². The van der Waals surface area contributed by atoms with Crippen molar-refractivity contribution in [2.45, 2.75) is 32.2 Å². The maximum atomic E-state index is 12.2. The Balaban J connectivity index is 0.00000220. The molecule has 0 saturated carbocycles. The van der Waals surface area contributed by atoms with E-state index in [2.05, 4.69) is 31.4 Å². The summed E-state index contributed by atoms with van der Waals surface area (Å²) in [6.45, 7) is 4.49. The van der Waals surface area contributed by atoms with Gasteiger partial charge in [0.2, 0.25) is 0 Å². The van der Waals surface area contributed by atoms with Crippen molar-refractivity contribution in [3.05, 3.63) is 28.4 Å². The minimum atomic E-state index is -0.359. The van der Waals surface area contributed by atoms with Crippen molar-refractivity contribution in [3.63, 3.8) is 0 Å². The van der Waals surface area contributed by atoms with Crippen LogP contribution in [0.1, 0.15) is 37.2 Å². The predicted octanol–water partition coefficient (Wildman–Crippen LogP) is 2.99. The molecule has 0 unspecified atom stereocenters. The van der Waals surface area contributed by atoms with E-state index in [0.29, 0.717) is 12.2 Å². The van der Waals surface area contributed by atoms with Crippen LogP contribution in [0.25, 0.3) is 10.9 Å². The largest absolute Gasteiger partial charge is 0.349 e. The molecule has 0 bridgehead atoms. The smallest absolute Gasteiger partial charge is 0.272 e.